The SMILES string of the molecule is Cl.NC[C@H]1CC[C@@H](C(=O)NCc2csc(Br)c2)O1. The van der Waals surface area contributed by atoms with E-state index < -0.39 is 0 Å². The van der Waals surface area contributed by atoms with Crippen molar-refractivity contribution in [1.82, 2.24) is 5.32 Å². The first-order chi connectivity index (χ1) is 8.19. The van der Waals surface area contributed by atoms with E-state index in [1.54, 1.807) is 11.3 Å². The molecule has 102 valence electrons. The molecule has 0 bridgehead atoms. The largest absolute Gasteiger partial charge is 0.364 e. The first-order valence-electron chi connectivity index (χ1n) is 5.55. The third-order valence-corrected chi connectivity index (χ3v) is 4.30. The van der Waals surface area contributed by atoms with E-state index in [4.69, 9.17) is 10.5 Å². The molecule has 18 heavy (non-hydrogen) atoms. The molecule has 0 saturated carbocycles. The number of carbonyl (C=O) groups is 1. The van der Waals surface area contributed by atoms with Crippen molar-refractivity contribution in [3.8, 4) is 0 Å². The second-order valence-electron chi connectivity index (χ2n) is 4.04. The molecule has 1 aliphatic rings. The third kappa shape index (κ3) is 4.20. The minimum Gasteiger partial charge on any atom is -0.364 e. The summed E-state index contributed by atoms with van der Waals surface area (Å²) in [4.78, 5) is 11.8. The van der Waals surface area contributed by atoms with Crippen molar-refractivity contribution in [2.75, 3.05) is 6.54 Å². The molecule has 0 aliphatic carbocycles. The molecule has 2 heterocycles. The van der Waals surface area contributed by atoms with Crippen molar-refractivity contribution < 1.29 is 9.53 Å². The molecule has 2 rings (SSSR count). The molecule has 3 N–H and O–H groups in total. The monoisotopic (exact) mass is 354 g/mol. The quantitative estimate of drug-likeness (QED) is 0.869. The lowest BCUT2D eigenvalue weighted by molar-refractivity contribution is -0.132. The van der Waals surface area contributed by atoms with Gasteiger partial charge in [0.15, 0.2) is 0 Å². The first kappa shape index (κ1) is 15.9. The topological polar surface area (TPSA) is 64.4 Å². The van der Waals surface area contributed by atoms with Gasteiger partial charge >= 0.3 is 0 Å². The Morgan fingerprint density at radius 1 is 1.61 bits per heavy atom. The fourth-order valence-corrected chi connectivity index (χ4v) is 3.02. The van der Waals surface area contributed by atoms with Gasteiger partial charge in [-0.15, -0.1) is 23.7 Å². The van der Waals surface area contributed by atoms with E-state index in [-0.39, 0.29) is 30.5 Å². The van der Waals surface area contributed by atoms with Crippen LogP contribution in [0.5, 0.6) is 0 Å². The summed E-state index contributed by atoms with van der Waals surface area (Å²) in [6.07, 6.45) is 1.35. The summed E-state index contributed by atoms with van der Waals surface area (Å²) in [6.45, 7) is 1.04. The maximum atomic E-state index is 11.8. The summed E-state index contributed by atoms with van der Waals surface area (Å²) < 4.78 is 6.59. The van der Waals surface area contributed by atoms with Gasteiger partial charge in [0.2, 0.25) is 5.91 Å². The maximum absolute atomic E-state index is 11.8. The lowest BCUT2D eigenvalue weighted by atomic mass is 10.2. The normalized spacial score (nSPS) is 22.6. The van der Waals surface area contributed by atoms with Crippen LogP contribution >= 0.6 is 39.7 Å². The van der Waals surface area contributed by atoms with Crippen molar-refractivity contribution in [3.05, 3.63) is 20.8 Å². The molecule has 7 heteroatoms. The molecule has 1 aromatic heterocycles. The van der Waals surface area contributed by atoms with Gasteiger partial charge in [-0.25, -0.2) is 0 Å². The fraction of sp³-hybridized carbons (Fsp3) is 0.545. The number of ether oxygens (including phenoxy) is 1. The Morgan fingerprint density at radius 2 is 2.39 bits per heavy atom. The number of nitrogens with one attached hydrogen (secondary N) is 1. The summed E-state index contributed by atoms with van der Waals surface area (Å²) in [6, 6.07) is 2.00. The second-order valence-corrected chi connectivity index (χ2v) is 6.33. The molecule has 2 atom stereocenters. The van der Waals surface area contributed by atoms with Gasteiger partial charge in [0.05, 0.1) is 9.89 Å². The van der Waals surface area contributed by atoms with Crippen LogP contribution in [0, 0.1) is 0 Å². The van der Waals surface area contributed by atoms with Gasteiger partial charge < -0.3 is 15.8 Å². The molecule has 1 fully saturated rings. The van der Waals surface area contributed by atoms with Gasteiger partial charge in [-0.3, -0.25) is 4.79 Å². The number of hydrogen-bond donors (Lipinski definition) is 2. The molecular formula is C11H16BrClN2O2S. The Bertz CT molecular complexity index is 402. The van der Waals surface area contributed by atoms with Gasteiger partial charge in [0.1, 0.15) is 6.10 Å². The van der Waals surface area contributed by atoms with Crippen LogP contribution in [0.15, 0.2) is 15.2 Å². The van der Waals surface area contributed by atoms with Gasteiger partial charge in [-0.1, -0.05) is 0 Å². The second kappa shape index (κ2) is 7.45. The Morgan fingerprint density at radius 3 is 2.94 bits per heavy atom. The van der Waals surface area contributed by atoms with Crippen LogP contribution in [0.2, 0.25) is 0 Å². The van der Waals surface area contributed by atoms with E-state index >= 15 is 0 Å². The number of halogens is 2. The van der Waals surface area contributed by atoms with Crippen LogP contribution in [0.25, 0.3) is 0 Å². The molecule has 0 aromatic carbocycles. The van der Waals surface area contributed by atoms with Crippen molar-refractivity contribution in [2.24, 2.45) is 5.73 Å². The molecule has 0 unspecified atom stereocenters. The van der Waals surface area contributed by atoms with Crippen molar-refractivity contribution in [2.45, 2.75) is 31.6 Å². The highest BCUT2D eigenvalue weighted by Crippen LogP contribution is 2.21. The Balaban J connectivity index is 0.00000162. The zero-order valence-electron chi connectivity index (χ0n) is 9.73. The number of hydrogen-bond acceptors (Lipinski definition) is 4. The number of amides is 1. The fourth-order valence-electron chi connectivity index (χ4n) is 1.81. The average Bonchev–Trinajstić information content (AvgIpc) is 2.94. The van der Waals surface area contributed by atoms with Crippen LogP contribution in [0.4, 0.5) is 0 Å². The number of thiophene rings is 1. The van der Waals surface area contributed by atoms with Gasteiger partial charge in [-0.05, 0) is 45.8 Å². The molecular weight excluding hydrogens is 340 g/mol. The third-order valence-electron chi connectivity index (χ3n) is 2.75. The van der Waals surface area contributed by atoms with Gasteiger partial charge in [0.25, 0.3) is 0 Å². The summed E-state index contributed by atoms with van der Waals surface area (Å²) in [5.41, 5.74) is 6.60. The van der Waals surface area contributed by atoms with Crippen molar-refractivity contribution in [1.29, 1.82) is 0 Å². The van der Waals surface area contributed by atoms with Crippen LogP contribution < -0.4 is 11.1 Å². The zero-order valence-corrected chi connectivity index (χ0v) is 12.9. The standard InChI is InChI=1S/C11H15BrN2O2S.ClH/c12-10-3-7(6-17-10)5-14-11(15)9-2-1-8(4-13)16-9;/h3,6,8-9H,1-2,4-5,13H2,(H,14,15);1H/t8-,9+;/m1./s1. The number of carbonyl (C=O) groups excluding carboxylic acids is 1. The Hall–Kier alpha value is -0.140. The molecule has 4 nitrogen and oxygen atoms in total. The zero-order chi connectivity index (χ0) is 12.3. The predicted octanol–water partition coefficient (Wildman–Crippen LogP) is 2.05. The Kier molecular flexibility index (Phi) is 6.59. The van der Waals surface area contributed by atoms with Crippen LogP contribution in [-0.2, 0) is 16.1 Å². The number of rotatable bonds is 4. The smallest absolute Gasteiger partial charge is 0.249 e. The minimum absolute atomic E-state index is 0. The highest BCUT2D eigenvalue weighted by atomic mass is 79.9. The molecule has 0 spiro atoms. The lowest BCUT2D eigenvalue weighted by Gasteiger charge is -2.12. The predicted molar refractivity (Wildman–Crippen MR) is 78.1 cm³/mol. The highest BCUT2D eigenvalue weighted by Gasteiger charge is 2.29. The summed E-state index contributed by atoms with van der Waals surface area (Å²) >= 11 is 5.00. The van der Waals surface area contributed by atoms with E-state index in [1.807, 2.05) is 11.4 Å². The van der Waals surface area contributed by atoms with E-state index in [0.29, 0.717) is 13.1 Å². The van der Waals surface area contributed by atoms with Gasteiger partial charge in [-0.2, -0.15) is 0 Å². The van der Waals surface area contributed by atoms with Crippen LogP contribution in [0.1, 0.15) is 18.4 Å². The van der Waals surface area contributed by atoms with E-state index in [2.05, 4.69) is 21.2 Å². The van der Waals surface area contributed by atoms with Crippen molar-refractivity contribution in [3.63, 3.8) is 0 Å². The lowest BCUT2D eigenvalue weighted by Crippen LogP contribution is -2.35. The van der Waals surface area contributed by atoms with E-state index in [0.717, 1.165) is 22.2 Å². The Labute approximate surface area is 125 Å². The molecule has 1 amide bonds. The first-order valence-corrected chi connectivity index (χ1v) is 7.22. The molecule has 1 saturated heterocycles. The minimum atomic E-state index is -0.328. The van der Waals surface area contributed by atoms with Crippen LogP contribution in [-0.4, -0.2) is 24.7 Å². The van der Waals surface area contributed by atoms with Gasteiger partial charge in [0, 0.05) is 13.1 Å². The summed E-state index contributed by atoms with van der Waals surface area (Å²) in [7, 11) is 0. The van der Waals surface area contributed by atoms with E-state index in [9.17, 15) is 4.79 Å². The average molecular weight is 356 g/mol. The maximum Gasteiger partial charge on any atom is 0.249 e. The van der Waals surface area contributed by atoms with Crippen molar-refractivity contribution >= 4 is 45.6 Å². The molecule has 0 radical (unpaired) electrons. The molecule has 1 aliphatic heterocycles. The highest BCUT2D eigenvalue weighted by molar-refractivity contribution is 9.11. The summed E-state index contributed by atoms with van der Waals surface area (Å²) in [5.74, 6) is -0.0386. The van der Waals surface area contributed by atoms with E-state index in [1.165, 1.54) is 0 Å². The molecule has 1 aromatic rings. The van der Waals surface area contributed by atoms with Crippen LogP contribution in [0.3, 0.4) is 0 Å². The summed E-state index contributed by atoms with van der Waals surface area (Å²) in [5, 5.41) is 4.90. The number of nitrogens with two attached hydrogens (primary N) is 1.